The molecule has 1 N–H and O–H groups in total. The summed E-state index contributed by atoms with van der Waals surface area (Å²) >= 11 is 0. The predicted molar refractivity (Wildman–Crippen MR) is 87.3 cm³/mol. The highest BCUT2D eigenvalue weighted by Gasteiger charge is 2.30. The van der Waals surface area contributed by atoms with Crippen molar-refractivity contribution in [1.29, 1.82) is 0 Å². The standard InChI is InChI=1S/C18H15F3N2O2/c1-10-6-11(2)17-14(7-10)15(23-25-17)9-16(24)22-13-5-3-4-12(8-13)18(19,20)21/h3-8H,9H2,1-2H3,(H,22,24). The monoisotopic (exact) mass is 348 g/mol. The highest BCUT2D eigenvalue weighted by molar-refractivity contribution is 5.95. The van der Waals surface area contributed by atoms with Gasteiger partial charge in [-0.15, -0.1) is 0 Å². The van der Waals surface area contributed by atoms with Crippen molar-refractivity contribution in [2.24, 2.45) is 0 Å². The smallest absolute Gasteiger partial charge is 0.356 e. The van der Waals surface area contributed by atoms with Gasteiger partial charge in [-0.2, -0.15) is 13.2 Å². The van der Waals surface area contributed by atoms with Crippen LogP contribution in [0.2, 0.25) is 0 Å². The van der Waals surface area contributed by atoms with Crippen molar-refractivity contribution in [1.82, 2.24) is 5.16 Å². The molecule has 7 heteroatoms. The summed E-state index contributed by atoms with van der Waals surface area (Å²) in [6, 6.07) is 8.31. The second-order valence-corrected chi connectivity index (χ2v) is 5.89. The number of nitrogens with one attached hydrogen (secondary N) is 1. The number of carbonyl (C=O) groups excluding carboxylic acids is 1. The van der Waals surface area contributed by atoms with E-state index in [1.54, 1.807) is 0 Å². The molecule has 1 amide bonds. The molecule has 1 heterocycles. The Hall–Kier alpha value is -2.83. The van der Waals surface area contributed by atoms with E-state index in [1.165, 1.54) is 12.1 Å². The molecule has 0 aliphatic heterocycles. The lowest BCUT2D eigenvalue weighted by molar-refractivity contribution is -0.137. The summed E-state index contributed by atoms with van der Waals surface area (Å²) in [4.78, 5) is 12.2. The van der Waals surface area contributed by atoms with E-state index in [1.807, 2.05) is 26.0 Å². The average molecular weight is 348 g/mol. The van der Waals surface area contributed by atoms with E-state index in [0.717, 1.165) is 28.6 Å². The van der Waals surface area contributed by atoms with Gasteiger partial charge in [0, 0.05) is 11.1 Å². The summed E-state index contributed by atoms with van der Waals surface area (Å²) in [5.41, 5.74) is 2.24. The van der Waals surface area contributed by atoms with Gasteiger partial charge in [0.1, 0.15) is 5.69 Å². The van der Waals surface area contributed by atoms with Crippen molar-refractivity contribution in [3.05, 3.63) is 58.8 Å². The minimum Gasteiger partial charge on any atom is -0.356 e. The fourth-order valence-corrected chi connectivity index (χ4v) is 2.70. The normalized spacial score (nSPS) is 11.7. The lowest BCUT2D eigenvalue weighted by atomic mass is 10.1. The van der Waals surface area contributed by atoms with Crippen molar-refractivity contribution < 1.29 is 22.5 Å². The Bertz CT molecular complexity index is 945. The fourth-order valence-electron chi connectivity index (χ4n) is 2.70. The molecule has 0 spiro atoms. The van der Waals surface area contributed by atoms with Gasteiger partial charge >= 0.3 is 6.18 Å². The maximum Gasteiger partial charge on any atom is 0.416 e. The van der Waals surface area contributed by atoms with Gasteiger partial charge in [-0.25, -0.2) is 0 Å². The molecule has 0 atom stereocenters. The molecular weight excluding hydrogens is 333 g/mol. The maximum absolute atomic E-state index is 12.7. The second-order valence-electron chi connectivity index (χ2n) is 5.89. The molecule has 0 saturated heterocycles. The minimum atomic E-state index is -4.46. The Morgan fingerprint density at radius 3 is 2.68 bits per heavy atom. The summed E-state index contributed by atoms with van der Waals surface area (Å²) < 4.78 is 43.4. The number of aryl methyl sites for hydroxylation is 2. The van der Waals surface area contributed by atoms with Crippen molar-refractivity contribution in [3.8, 4) is 0 Å². The van der Waals surface area contributed by atoms with E-state index >= 15 is 0 Å². The summed E-state index contributed by atoms with van der Waals surface area (Å²) in [6.45, 7) is 3.80. The highest BCUT2D eigenvalue weighted by Crippen LogP contribution is 2.30. The van der Waals surface area contributed by atoms with E-state index in [-0.39, 0.29) is 12.1 Å². The van der Waals surface area contributed by atoms with Crippen LogP contribution in [0.3, 0.4) is 0 Å². The van der Waals surface area contributed by atoms with Crippen LogP contribution in [-0.2, 0) is 17.4 Å². The number of amides is 1. The third kappa shape index (κ3) is 3.65. The molecule has 0 radical (unpaired) electrons. The Labute approximate surface area is 141 Å². The zero-order valence-electron chi connectivity index (χ0n) is 13.6. The van der Waals surface area contributed by atoms with Gasteiger partial charge in [-0.05, 0) is 49.2 Å². The molecule has 3 aromatic rings. The predicted octanol–water partition coefficient (Wildman–Crippen LogP) is 4.64. The van der Waals surface area contributed by atoms with Crippen molar-refractivity contribution in [2.75, 3.05) is 5.32 Å². The van der Waals surface area contributed by atoms with Gasteiger partial charge in [-0.3, -0.25) is 4.79 Å². The minimum absolute atomic E-state index is 0.0833. The topological polar surface area (TPSA) is 55.1 Å². The quantitative estimate of drug-likeness (QED) is 0.750. The summed E-state index contributed by atoms with van der Waals surface area (Å²) in [7, 11) is 0. The molecular formula is C18H15F3N2O2. The largest absolute Gasteiger partial charge is 0.416 e. The van der Waals surface area contributed by atoms with Crippen LogP contribution < -0.4 is 5.32 Å². The summed E-state index contributed by atoms with van der Waals surface area (Å²) in [6.07, 6.45) is -4.55. The molecule has 4 nitrogen and oxygen atoms in total. The lowest BCUT2D eigenvalue weighted by Gasteiger charge is -2.09. The summed E-state index contributed by atoms with van der Waals surface area (Å²) in [5.74, 6) is -0.464. The van der Waals surface area contributed by atoms with Gasteiger partial charge in [-0.1, -0.05) is 17.3 Å². The molecule has 0 unspecified atom stereocenters. The third-order valence-electron chi connectivity index (χ3n) is 3.78. The number of fused-ring (bicyclic) bond motifs is 1. The number of alkyl halides is 3. The van der Waals surface area contributed by atoms with Crippen LogP contribution >= 0.6 is 0 Å². The zero-order valence-corrected chi connectivity index (χ0v) is 13.6. The van der Waals surface area contributed by atoms with E-state index in [0.29, 0.717) is 11.3 Å². The number of benzene rings is 2. The Morgan fingerprint density at radius 2 is 1.96 bits per heavy atom. The highest BCUT2D eigenvalue weighted by atomic mass is 19.4. The average Bonchev–Trinajstić information content (AvgIpc) is 2.89. The number of rotatable bonds is 3. The Morgan fingerprint density at radius 1 is 1.20 bits per heavy atom. The number of nitrogens with zero attached hydrogens (tertiary/aromatic N) is 1. The first kappa shape index (κ1) is 17.0. The molecule has 0 saturated carbocycles. The number of anilines is 1. The van der Waals surface area contributed by atoms with Crippen LogP contribution in [0.4, 0.5) is 18.9 Å². The molecule has 0 aliphatic carbocycles. The van der Waals surface area contributed by atoms with Crippen LogP contribution in [-0.4, -0.2) is 11.1 Å². The number of carbonyl (C=O) groups is 1. The van der Waals surface area contributed by atoms with Gasteiger partial charge in [0.2, 0.25) is 5.91 Å². The fraction of sp³-hybridized carbons (Fsp3) is 0.222. The van der Waals surface area contributed by atoms with Gasteiger partial charge in [0.15, 0.2) is 5.58 Å². The van der Waals surface area contributed by atoms with Crippen LogP contribution in [0.1, 0.15) is 22.4 Å². The molecule has 0 aliphatic rings. The van der Waals surface area contributed by atoms with Crippen LogP contribution in [0.5, 0.6) is 0 Å². The molecule has 130 valence electrons. The first-order chi connectivity index (χ1) is 11.7. The van der Waals surface area contributed by atoms with E-state index in [9.17, 15) is 18.0 Å². The number of aromatic nitrogens is 1. The van der Waals surface area contributed by atoms with E-state index < -0.39 is 17.6 Å². The van der Waals surface area contributed by atoms with Crippen molar-refractivity contribution in [3.63, 3.8) is 0 Å². The molecule has 0 bridgehead atoms. The molecule has 25 heavy (non-hydrogen) atoms. The number of hydrogen-bond donors (Lipinski definition) is 1. The Kier molecular flexibility index (Phi) is 4.24. The van der Waals surface area contributed by atoms with Crippen LogP contribution in [0, 0.1) is 13.8 Å². The number of hydrogen-bond acceptors (Lipinski definition) is 3. The van der Waals surface area contributed by atoms with Gasteiger partial charge < -0.3 is 9.84 Å². The van der Waals surface area contributed by atoms with Crippen LogP contribution in [0.15, 0.2) is 40.9 Å². The molecule has 2 aromatic carbocycles. The van der Waals surface area contributed by atoms with Gasteiger partial charge in [0.25, 0.3) is 0 Å². The lowest BCUT2D eigenvalue weighted by Crippen LogP contribution is -2.15. The maximum atomic E-state index is 12.7. The number of halogens is 3. The summed E-state index contributed by atoms with van der Waals surface area (Å²) in [5, 5.41) is 7.12. The zero-order chi connectivity index (χ0) is 18.2. The van der Waals surface area contributed by atoms with E-state index in [2.05, 4.69) is 10.5 Å². The van der Waals surface area contributed by atoms with Crippen molar-refractivity contribution >= 4 is 22.6 Å². The SMILES string of the molecule is Cc1cc(C)c2onc(CC(=O)Nc3cccc(C(F)(F)F)c3)c2c1. The second kappa shape index (κ2) is 6.23. The van der Waals surface area contributed by atoms with Crippen molar-refractivity contribution in [2.45, 2.75) is 26.4 Å². The first-order valence-corrected chi connectivity index (χ1v) is 7.56. The molecule has 1 aromatic heterocycles. The first-order valence-electron chi connectivity index (χ1n) is 7.56. The molecule has 0 fully saturated rings. The Balaban J connectivity index is 1.80. The van der Waals surface area contributed by atoms with Gasteiger partial charge in [0.05, 0.1) is 12.0 Å². The third-order valence-corrected chi connectivity index (χ3v) is 3.78. The van der Waals surface area contributed by atoms with Crippen LogP contribution in [0.25, 0.3) is 11.0 Å². The molecule has 3 rings (SSSR count). The van der Waals surface area contributed by atoms with E-state index in [4.69, 9.17) is 4.52 Å².